The van der Waals surface area contributed by atoms with Gasteiger partial charge in [0.1, 0.15) is 5.56 Å². The third-order valence-corrected chi connectivity index (χ3v) is 2.94. The third-order valence-electron chi connectivity index (χ3n) is 2.68. The molecule has 0 aliphatic heterocycles. The maximum Gasteiger partial charge on any atom is 0.436 e. The van der Waals surface area contributed by atoms with Crippen LogP contribution in [0.5, 0.6) is 0 Å². The van der Waals surface area contributed by atoms with Gasteiger partial charge in [-0.05, 0) is 24.3 Å². The number of hydrogen-bond donors (Lipinski definition) is 1. The van der Waals surface area contributed by atoms with Crippen molar-refractivity contribution in [3.63, 3.8) is 0 Å². The molecule has 0 amide bonds. The van der Waals surface area contributed by atoms with E-state index in [2.05, 4.69) is 15.1 Å². The van der Waals surface area contributed by atoms with Gasteiger partial charge in [0.05, 0.1) is 0 Å². The zero-order valence-electron chi connectivity index (χ0n) is 11.6. The lowest BCUT2D eigenvalue weighted by Gasteiger charge is -2.04. The molecule has 6 nitrogen and oxygen atoms in total. The lowest BCUT2D eigenvalue weighted by Crippen LogP contribution is -2.17. The van der Waals surface area contributed by atoms with E-state index in [0.717, 1.165) is 10.9 Å². The van der Waals surface area contributed by atoms with Crippen molar-refractivity contribution in [1.29, 1.82) is 0 Å². The number of rotatable bonds is 3. The minimum atomic E-state index is -4.79. The predicted molar refractivity (Wildman–Crippen MR) is 75.8 cm³/mol. The molecule has 0 aliphatic carbocycles. The van der Waals surface area contributed by atoms with E-state index < -0.39 is 23.4 Å². The van der Waals surface area contributed by atoms with Crippen molar-refractivity contribution in [3.8, 4) is 0 Å². The number of hydrogen-bond acceptors (Lipinski definition) is 4. The molecule has 0 saturated carbocycles. The normalized spacial score (nSPS) is 12.3. The molecule has 1 aromatic carbocycles. The van der Waals surface area contributed by atoms with Gasteiger partial charge in [-0.15, -0.1) is 0 Å². The number of amidine groups is 1. The Balaban J connectivity index is 2.20. The molecule has 0 atom stereocenters. The Morgan fingerprint density at radius 2 is 1.96 bits per heavy atom. The number of aromatic nitrogens is 2. The van der Waals surface area contributed by atoms with Crippen LogP contribution in [0.4, 0.5) is 13.2 Å². The lowest BCUT2D eigenvalue weighted by atomic mass is 10.2. The van der Waals surface area contributed by atoms with E-state index in [-0.39, 0.29) is 5.84 Å². The summed E-state index contributed by atoms with van der Waals surface area (Å²) < 4.78 is 39.2. The Bertz CT molecular complexity index is 754. The quantitative estimate of drug-likeness (QED) is 0.401. The van der Waals surface area contributed by atoms with Crippen LogP contribution in [0, 0.1) is 0 Å². The summed E-state index contributed by atoms with van der Waals surface area (Å²) in [4.78, 5) is 16.2. The van der Waals surface area contributed by atoms with E-state index in [4.69, 9.17) is 17.3 Å². The highest BCUT2D eigenvalue weighted by atomic mass is 35.5. The molecule has 1 heterocycles. The molecule has 0 aliphatic rings. The summed E-state index contributed by atoms with van der Waals surface area (Å²) in [6, 6.07) is 6.09. The van der Waals surface area contributed by atoms with Crippen molar-refractivity contribution in [2.45, 2.75) is 6.18 Å². The monoisotopic (exact) mass is 346 g/mol. The number of nitrogens with two attached hydrogens (primary N) is 1. The maximum absolute atomic E-state index is 12.8. The van der Waals surface area contributed by atoms with Crippen molar-refractivity contribution in [3.05, 3.63) is 52.3 Å². The average Bonchev–Trinajstić information content (AvgIpc) is 2.87. The number of aryl methyl sites for hydroxylation is 1. The first-order valence-electron chi connectivity index (χ1n) is 6.10. The zero-order valence-corrected chi connectivity index (χ0v) is 12.4. The minimum absolute atomic E-state index is 0.188. The minimum Gasteiger partial charge on any atom is -0.380 e. The van der Waals surface area contributed by atoms with E-state index in [0.29, 0.717) is 10.6 Å². The molecular formula is C13H10ClF3N4O2. The molecule has 2 rings (SSSR count). The molecular weight excluding hydrogens is 337 g/mol. The first-order chi connectivity index (χ1) is 10.7. The van der Waals surface area contributed by atoms with Crippen LogP contribution < -0.4 is 5.73 Å². The molecule has 2 aromatic rings. The number of halogens is 4. The molecule has 0 saturated heterocycles. The number of alkyl halides is 3. The Labute approximate surface area is 133 Å². The second-order valence-electron chi connectivity index (χ2n) is 4.42. The number of carbonyl (C=O) groups excluding carboxylic acids is 1. The van der Waals surface area contributed by atoms with Gasteiger partial charge in [-0.2, -0.15) is 18.3 Å². The number of nitrogens with zero attached hydrogens (tertiary/aromatic N) is 3. The molecule has 122 valence electrons. The first kappa shape index (κ1) is 16.8. The second-order valence-corrected chi connectivity index (χ2v) is 4.86. The van der Waals surface area contributed by atoms with E-state index in [9.17, 15) is 18.0 Å². The van der Waals surface area contributed by atoms with Crippen LogP contribution in [0.15, 0.2) is 35.6 Å². The largest absolute Gasteiger partial charge is 0.436 e. The molecule has 10 heteroatoms. The number of oxime groups is 1. The van der Waals surface area contributed by atoms with Crippen molar-refractivity contribution in [1.82, 2.24) is 9.78 Å². The van der Waals surface area contributed by atoms with Crippen LogP contribution in [0.2, 0.25) is 5.02 Å². The predicted octanol–water partition coefficient (Wildman–Crippen LogP) is 2.57. The van der Waals surface area contributed by atoms with Gasteiger partial charge in [0.25, 0.3) is 0 Å². The van der Waals surface area contributed by atoms with E-state index in [1.807, 2.05) is 0 Å². The Morgan fingerprint density at radius 1 is 1.35 bits per heavy atom. The summed E-state index contributed by atoms with van der Waals surface area (Å²) >= 11 is 5.70. The molecule has 0 radical (unpaired) electrons. The van der Waals surface area contributed by atoms with Crippen LogP contribution in [0.3, 0.4) is 0 Å². The smallest absolute Gasteiger partial charge is 0.380 e. The van der Waals surface area contributed by atoms with E-state index in [1.54, 1.807) is 0 Å². The maximum atomic E-state index is 12.8. The van der Waals surface area contributed by atoms with Gasteiger partial charge in [-0.3, -0.25) is 4.68 Å². The Morgan fingerprint density at radius 3 is 2.52 bits per heavy atom. The van der Waals surface area contributed by atoms with E-state index in [1.165, 1.54) is 31.3 Å². The van der Waals surface area contributed by atoms with Crippen LogP contribution in [0.25, 0.3) is 0 Å². The molecule has 2 N–H and O–H groups in total. The van der Waals surface area contributed by atoms with Crippen molar-refractivity contribution in [2.24, 2.45) is 17.9 Å². The fourth-order valence-electron chi connectivity index (χ4n) is 1.66. The summed E-state index contributed by atoms with van der Waals surface area (Å²) in [5.41, 5.74) is 3.87. The molecule has 23 heavy (non-hydrogen) atoms. The SMILES string of the molecule is Cn1cc(C(=O)O/N=C(\N)c2ccc(Cl)cc2)c(C(F)(F)F)n1. The summed E-state index contributed by atoms with van der Waals surface area (Å²) in [6.45, 7) is 0. The summed E-state index contributed by atoms with van der Waals surface area (Å²) in [6.07, 6.45) is -3.90. The van der Waals surface area contributed by atoms with Crippen LogP contribution >= 0.6 is 11.6 Å². The number of carbonyl (C=O) groups is 1. The van der Waals surface area contributed by atoms with Gasteiger partial charge in [-0.25, -0.2) is 4.79 Å². The summed E-state index contributed by atoms with van der Waals surface area (Å²) in [5, 5.41) is 6.99. The van der Waals surface area contributed by atoms with Crippen LogP contribution in [0.1, 0.15) is 21.6 Å². The highest BCUT2D eigenvalue weighted by Gasteiger charge is 2.39. The summed E-state index contributed by atoms with van der Waals surface area (Å²) in [5.74, 6) is -1.50. The van der Waals surface area contributed by atoms with Gasteiger partial charge in [0, 0.05) is 23.8 Å². The highest BCUT2D eigenvalue weighted by Crippen LogP contribution is 2.30. The summed E-state index contributed by atoms with van der Waals surface area (Å²) in [7, 11) is 1.25. The number of benzene rings is 1. The highest BCUT2D eigenvalue weighted by molar-refractivity contribution is 6.30. The van der Waals surface area contributed by atoms with Crippen molar-refractivity contribution in [2.75, 3.05) is 0 Å². The Hall–Kier alpha value is -2.55. The standard InChI is InChI=1S/C13H10ClF3N4O2/c1-21-6-9(10(19-21)13(15,16)17)12(22)23-20-11(18)7-2-4-8(14)5-3-7/h2-6H,1H3,(H2,18,20). The van der Waals surface area contributed by atoms with E-state index >= 15 is 0 Å². The molecule has 0 unspecified atom stereocenters. The van der Waals surface area contributed by atoms with Gasteiger partial charge < -0.3 is 10.6 Å². The molecule has 1 aromatic heterocycles. The third kappa shape index (κ3) is 4.01. The molecule has 0 spiro atoms. The fraction of sp³-hybridized carbons (Fsp3) is 0.154. The molecule has 0 bridgehead atoms. The van der Waals surface area contributed by atoms with Crippen molar-refractivity contribution < 1.29 is 22.8 Å². The lowest BCUT2D eigenvalue weighted by molar-refractivity contribution is -0.142. The van der Waals surface area contributed by atoms with Gasteiger partial charge in [0.15, 0.2) is 11.5 Å². The zero-order chi connectivity index (χ0) is 17.2. The van der Waals surface area contributed by atoms with Gasteiger partial charge in [-0.1, -0.05) is 16.8 Å². The average molecular weight is 347 g/mol. The molecule has 0 fully saturated rings. The van der Waals surface area contributed by atoms with Crippen LogP contribution in [-0.2, 0) is 18.1 Å². The first-order valence-corrected chi connectivity index (χ1v) is 6.48. The fourth-order valence-corrected chi connectivity index (χ4v) is 1.79. The second kappa shape index (κ2) is 6.29. The van der Waals surface area contributed by atoms with Gasteiger partial charge in [0.2, 0.25) is 0 Å². The van der Waals surface area contributed by atoms with Gasteiger partial charge >= 0.3 is 12.1 Å². The Kier molecular flexibility index (Phi) is 4.60. The van der Waals surface area contributed by atoms with Crippen molar-refractivity contribution >= 4 is 23.4 Å². The topological polar surface area (TPSA) is 82.5 Å². The van der Waals surface area contributed by atoms with Crippen LogP contribution in [-0.4, -0.2) is 21.6 Å².